The third kappa shape index (κ3) is 5.18. The lowest BCUT2D eigenvalue weighted by Gasteiger charge is -2.24. The van der Waals surface area contributed by atoms with E-state index < -0.39 is 6.61 Å². The second-order valence-corrected chi connectivity index (χ2v) is 7.43. The topological polar surface area (TPSA) is 75.2 Å². The van der Waals surface area contributed by atoms with Gasteiger partial charge in [0.25, 0.3) is 5.91 Å². The number of morpholine rings is 1. The molecule has 0 aromatic heterocycles. The number of hydrazone groups is 1. The Morgan fingerprint density at radius 2 is 2.06 bits per heavy atom. The molecule has 31 heavy (non-hydrogen) atoms. The molecule has 1 fully saturated rings. The molecule has 1 amide bonds. The molecule has 0 radical (unpaired) electrons. The zero-order valence-electron chi connectivity index (χ0n) is 17.1. The Hall–Kier alpha value is -3.04. The number of hydrogen-bond donors (Lipinski definition) is 2. The van der Waals surface area contributed by atoms with Crippen LogP contribution in [-0.2, 0) is 9.53 Å². The van der Waals surface area contributed by atoms with Crippen molar-refractivity contribution in [2.24, 2.45) is 5.10 Å². The Bertz CT molecular complexity index is 946. The van der Waals surface area contributed by atoms with Crippen molar-refractivity contribution < 1.29 is 23.0 Å². The van der Waals surface area contributed by atoms with Crippen molar-refractivity contribution in [3.05, 3.63) is 59.7 Å². The van der Waals surface area contributed by atoms with Gasteiger partial charge in [-0.05, 0) is 35.4 Å². The number of rotatable bonds is 6. The van der Waals surface area contributed by atoms with E-state index in [9.17, 15) is 13.6 Å². The van der Waals surface area contributed by atoms with E-state index in [2.05, 4.69) is 20.5 Å². The summed E-state index contributed by atoms with van der Waals surface area (Å²) in [4.78, 5) is 12.7. The van der Waals surface area contributed by atoms with Crippen LogP contribution in [0.3, 0.4) is 0 Å². The zero-order chi connectivity index (χ0) is 21.8. The number of carbonyl (C=O) groups is 1. The van der Waals surface area contributed by atoms with E-state index in [1.165, 1.54) is 6.07 Å². The average molecular weight is 430 g/mol. The molecule has 7 nitrogen and oxygen atoms in total. The van der Waals surface area contributed by atoms with Crippen LogP contribution in [0.1, 0.15) is 29.7 Å². The second kappa shape index (κ2) is 9.40. The fraction of sp³-hybridized carbons (Fsp3) is 0.364. The zero-order valence-corrected chi connectivity index (χ0v) is 17.1. The quantitative estimate of drug-likeness (QED) is 0.736. The maximum atomic E-state index is 12.7. The summed E-state index contributed by atoms with van der Waals surface area (Å²) in [6.07, 6.45) is 0.372. The molecule has 0 bridgehead atoms. The minimum Gasteiger partial charge on any atom is -0.435 e. The molecule has 2 heterocycles. The first-order valence-electron chi connectivity index (χ1n) is 10.1. The molecule has 2 aliphatic heterocycles. The maximum Gasteiger partial charge on any atom is 0.387 e. The lowest BCUT2D eigenvalue weighted by Crippen LogP contribution is -2.33. The third-order valence-corrected chi connectivity index (χ3v) is 5.31. The summed E-state index contributed by atoms with van der Waals surface area (Å²) in [5.41, 5.74) is 2.84. The number of nitrogens with one attached hydrogen (secondary N) is 2. The Balaban J connectivity index is 1.38. The number of nitrogens with zero attached hydrogens (tertiary/aromatic N) is 2. The molecule has 0 spiro atoms. The molecule has 0 saturated carbocycles. The van der Waals surface area contributed by atoms with Crippen molar-refractivity contribution >= 4 is 17.3 Å². The van der Waals surface area contributed by atoms with Gasteiger partial charge in [-0.1, -0.05) is 24.3 Å². The number of ether oxygens (including phenoxy) is 2. The highest BCUT2D eigenvalue weighted by Gasteiger charge is 2.29. The number of benzene rings is 2. The smallest absolute Gasteiger partial charge is 0.387 e. The summed E-state index contributed by atoms with van der Waals surface area (Å²) in [6, 6.07) is 13.8. The van der Waals surface area contributed by atoms with Crippen molar-refractivity contribution in [2.75, 3.05) is 32.1 Å². The van der Waals surface area contributed by atoms with E-state index in [-0.39, 0.29) is 23.8 Å². The summed E-state index contributed by atoms with van der Waals surface area (Å²) in [5, 5.41) is 12.2. The van der Waals surface area contributed by atoms with Gasteiger partial charge in [0, 0.05) is 32.2 Å². The van der Waals surface area contributed by atoms with E-state index in [4.69, 9.17) is 4.74 Å². The Morgan fingerprint density at radius 1 is 1.26 bits per heavy atom. The molecule has 2 aromatic carbocycles. The van der Waals surface area contributed by atoms with Crippen LogP contribution < -0.4 is 15.4 Å². The number of amides is 1. The minimum absolute atomic E-state index is 0.0110. The van der Waals surface area contributed by atoms with Crippen molar-refractivity contribution in [3.63, 3.8) is 0 Å². The number of hydrogen-bond acceptors (Lipinski definition) is 6. The van der Waals surface area contributed by atoms with Gasteiger partial charge in [0.15, 0.2) is 0 Å². The highest BCUT2D eigenvalue weighted by molar-refractivity contribution is 6.43. The normalized spacial score (nSPS) is 21.2. The Morgan fingerprint density at radius 3 is 2.77 bits per heavy atom. The SMILES string of the molecule is CN1N=C(C(=O)Nc2ccc(C3CNCCO3)cc2)CC1c1cccc(OC(F)F)c1. The molecular formula is C22H24F2N4O3. The van der Waals surface area contributed by atoms with Crippen LogP contribution in [0.5, 0.6) is 5.75 Å². The number of halogens is 2. The van der Waals surface area contributed by atoms with Gasteiger partial charge in [-0.25, -0.2) is 0 Å². The molecule has 4 rings (SSSR count). The van der Waals surface area contributed by atoms with Crippen LogP contribution in [0.25, 0.3) is 0 Å². The maximum absolute atomic E-state index is 12.7. The number of anilines is 1. The molecule has 2 N–H and O–H groups in total. The average Bonchev–Trinajstić information content (AvgIpc) is 3.16. The van der Waals surface area contributed by atoms with Crippen LogP contribution in [0.15, 0.2) is 53.6 Å². The van der Waals surface area contributed by atoms with Crippen molar-refractivity contribution in [2.45, 2.75) is 25.2 Å². The summed E-state index contributed by atoms with van der Waals surface area (Å²) in [5.74, 6) is -0.214. The van der Waals surface area contributed by atoms with Gasteiger partial charge >= 0.3 is 6.61 Å². The molecule has 2 aromatic rings. The van der Waals surface area contributed by atoms with Crippen LogP contribution in [0.4, 0.5) is 14.5 Å². The number of alkyl halides is 2. The largest absolute Gasteiger partial charge is 0.435 e. The summed E-state index contributed by atoms with van der Waals surface area (Å²) < 4.78 is 35.2. The lowest BCUT2D eigenvalue weighted by molar-refractivity contribution is -0.110. The van der Waals surface area contributed by atoms with Crippen molar-refractivity contribution in [1.29, 1.82) is 0 Å². The van der Waals surface area contributed by atoms with E-state index in [1.807, 2.05) is 24.3 Å². The molecule has 0 aliphatic carbocycles. The fourth-order valence-electron chi connectivity index (χ4n) is 3.75. The third-order valence-electron chi connectivity index (χ3n) is 5.31. The van der Waals surface area contributed by atoms with E-state index in [0.29, 0.717) is 24.4 Å². The van der Waals surface area contributed by atoms with Gasteiger partial charge in [-0.2, -0.15) is 13.9 Å². The predicted molar refractivity (Wildman–Crippen MR) is 112 cm³/mol. The Labute approximate surface area is 179 Å². The van der Waals surface area contributed by atoms with Crippen LogP contribution in [-0.4, -0.2) is 50.0 Å². The first-order chi connectivity index (χ1) is 15.0. The van der Waals surface area contributed by atoms with E-state index >= 15 is 0 Å². The molecule has 2 aliphatic rings. The van der Waals surface area contributed by atoms with Gasteiger partial charge < -0.3 is 20.1 Å². The molecule has 2 atom stereocenters. The molecule has 9 heteroatoms. The summed E-state index contributed by atoms with van der Waals surface area (Å²) in [7, 11) is 1.75. The second-order valence-electron chi connectivity index (χ2n) is 7.43. The molecular weight excluding hydrogens is 406 g/mol. The molecule has 2 unspecified atom stereocenters. The molecule has 1 saturated heterocycles. The highest BCUT2D eigenvalue weighted by Crippen LogP contribution is 2.32. The van der Waals surface area contributed by atoms with Crippen LogP contribution in [0, 0.1) is 0 Å². The monoisotopic (exact) mass is 430 g/mol. The van der Waals surface area contributed by atoms with Gasteiger partial charge in [0.2, 0.25) is 0 Å². The highest BCUT2D eigenvalue weighted by atomic mass is 19.3. The van der Waals surface area contributed by atoms with Crippen LogP contribution in [0.2, 0.25) is 0 Å². The summed E-state index contributed by atoms with van der Waals surface area (Å²) in [6.45, 7) is -0.596. The first kappa shape index (κ1) is 21.2. The summed E-state index contributed by atoms with van der Waals surface area (Å²) >= 11 is 0. The van der Waals surface area contributed by atoms with Crippen molar-refractivity contribution in [3.8, 4) is 5.75 Å². The van der Waals surface area contributed by atoms with E-state index in [1.54, 1.807) is 30.3 Å². The lowest BCUT2D eigenvalue weighted by atomic mass is 10.0. The fourth-order valence-corrected chi connectivity index (χ4v) is 3.75. The predicted octanol–water partition coefficient (Wildman–Crippen LogP) is 3.32. The van der Waals surface area contributed by atoms with E-state index in [0.717, 1.165) is 24.2 Å². The molecule has 164 valence electrons. The Kier molecular flexibility index (Phi) is 6.43. The van der Waals surface area contributed by atoms with Gasteiger partial charge in [-0.3, -0.25) is 9.80 Å². The number of carbonyl (C=O) groups excluding carboxylic acids is 1. The van der Waals surface area contributed by atoms with Gasteiger partial charge in [-0.15, -0.1) is 0 Å². The first-order valence-corrected chi connectivity index (χ1v) is 10.1. The van der Waals surface area contributed by atoms with Gasteiger partial charge in [0.05, 0.1) is 18.8 Å². The van der Waals surface area contributed by atoms with Crippen molar-refractivity contribution in [1.82, 2.24) is 10.3 Å². The standard InChI is InChI=1S/C22H24F2N4O3/c1-28-19(15-3-2-4-17(11-15)31-22(23)24)12-18(27-28)21(29)26-16-7-5-14(6-8-16)20-13-25-9-10-30-20/h2-8,11,19-20,22,25H,9-10,12-13H2,1H3,(H,26,29). The van der Waals surface area contributed by atoms with Gasteiger partial charge in [0.1, 0.15) is 11.5 Å². The van der Waals surface area contributed by atoms with Crippen LogP contribution >= 0.6 is 0 Å². The minimum atomic E-state index is -2.89.